The zero-order chi connectivity index (χ0) is 19.4. The number of nitro groups is 1. The number of carbonyl (C=O) groups is 1. The van der Waals surface area contributed by atoms with Gasteiger partial charge in [0.2, 0.25) is 0 Å². The second kappa shape index (κ2) is 7.77. The first-order valence-corrected chi connectivity index (χ1v) is 8.25. The van der Waals surface area contributed by atoms with Crippen LogP contribution in [0.15, 0.2) is 54.6 Å². The fraction of sp³-hybridized carbons (Fsp3) is 0.158. The number of benzene rings is 2. The van der Waals surface area contributed by atoms with Gasteiger partial charge in [-0.05, 0) is 47.9 Å². The summed E-state index contributed by atoms with van der Waals surface area (Å²) in [5.74, 6) is -0.647. The van der Waals surface area contributed by atoms with Crippen LogP contribution in [0.1, 0.15) is 16.1 Å². The number of nitrogens with zero attached hydrogens (tertiary/aromatic N) is 3. The van der Waals surface area contributed by atoms with Gasteiger partial charge in [0.05, 0.1) is 10.6 Å². The Labute approximate surface area is 154 Å². The Hall–Kier alpha value is -3.55. The average Bonchev–Trinajstić information content (AvgIpc) is 3.04. The number of amides is 1. The van der Waals surface area contributed by atoms with Gasteiger partial charge in [-0.3, -0.25) is 19.6 Å². The van der Waals surface area contributed by atoms with Crippen LogP contribution in [0.25, 0.3) is 11.3 Å². The van der Waals surface area contributed by atoms with Crippen LogP contribution >= 0.6 is 0 Å². The molecular weight excluding hydrogens is 351 g/mol. The first-order valence-electron chi connectivity index (χ1n) is 8.25. The quantitative estimate of drug-likeness (QED) is 0.535. The second-order valence-electron chi connectivity index (χ2n) is 5.97. The molecule has 0 unspecified atom stereocenters. The molecule has 27 heavy (non-hydrogen) atoms. The van der Waals surface area contributed by atoms with Crippen molar-refractivity contribution in [2.45, 2.75) is 6.42 Å². The molecule has 0 radical (unpaired) electrons. The van der Waals surface area contributed by atoms with E-state index in [1.165, 1.54) is 24.3 Å². The summed E-state index contributed by atoms with van der Waals surface area (Å²) in [7, 11) is 1.71. The molecule has 1 amide bonds. The lowest BCUT2D eigenvalue weighted by atomic mass is 10.1. The Morgan fingerprint density at radius 1 is 1.19 bits per heavy atom. The summed E-state index contributed by atoms with van der Waals surface area (Å²) in [5, 5.41) is 17.6. The number of rotatable bonds is 6. The molecule has 0 aliphatic carbocycles. The van der Waals surface area contributed by atoms with Crippen LogP contribution in [0.5, 0.6) is 0 Å². The molecular formula is C19H17FN4O3. The Balaban J connectivity index is 1.60. The van der Waals surface area contributed by atoms with E-state index in [-0.39, 0.29) is 23.1 Å². The van der Waals surface area contributed by atoms with E-state index in [2.05, 4.69) is 10.4 Å². The molecule has 1 heterocycles. The zero-order valence-corrected chi connectivity index (χ0v) is 14.6. The summed E-state index contributed by atoms with van der Waals surface area (Å²) in [6.45, 7) is 0.374. The number of aromatic nitrogens is 2. The van der Waals surface area contributed by atoms with Gasteiger partial charge in [0.1, 0.15) is 5.82 Å². The van der Waals surface area contributed by atoms with Crippen LogP contribution < -0.4 is 5.32 Å². The van der Waals surface area contributed by atoms with Crippen LogP contribution in [0, 0.1) is 15.9 Å². The van der Waals surface area contributed by atoms with Crippen molar-refractivity contribution in [2.24, 2.45) is 7.05 Å². The van der Waals surface area contributed by atoms with Gasteiger partial charge in [-0.15, -0.1) is 0 Å². The Bertz CT molecular complexity index is 966. The maximum atomic E-state index is 13.1. The number of non-ortho nitro benzene ring substituents is 1. The molecule has 0 aliphatic heterocycles. The summed E-state index contributed by atoms with van der Waals surface area (Å²) in [6.07, 6.45) is 0.543. The number of nitro benzene ring substituents is 1. The first kappa shape index (κ1) is 18.2. The molecule has 1 aromatic heterocycles. The van der Waals surface area contributed by atoms with Crippen LogP contribution in [-0.4, -0.2) is 27.2 Å². The molecule has 0 saturated carbocycles. The van der Waals surface area contributed by atoms with Gasteiger partial charge in [-0.1, -0.05) is 12.1 Å². The normalized spacial score (nSPS) is 10.6. The van der Waals surface area contributed by atoms with E-state index in [4.69, 9.17) is 0 Å². The van der Waals surface area contributed by atoms with E-state index in [0.717, 1.165) is 11.1 Å². The van der Waals surface area contributed by atoms with E-state index in [9.17, 15) is 19.3 Å². The minimum atomic E-state index is -0.453. The third kappa shape index (κ3) is 4.35. The minimum absolute atomic E-state index is 0.0320. The van der Waals surface area contributed by atoms with Crippen molar-refractivity contribution in [1.82, 2.24) is 15.1 Å². The van der Waals surface area contributed by atoms with E-state index >= 15 is 0 Å². The molecule has 3 rings (SSSR count). The van der Waals surface area contributed by atoms with Crippen molar-refractivity contribution in [3.05, 3.63) is 81.8 Å². The van der Waals surface area contributed by atoms with E-state index in [1.54, 1.807) is 42.1 Å². The standard InChI is InChI=1S/C19H17FN4O3/c1-23-18(14-4-6-15(20)7-5-14)12-17(22-23)19(25)21-11-10-13-2-8-16(9-3-13)24(26)27/h2-9,12H,10-11H2,1H3,(H,21,25). The zero-order valence-electron chi connectivity index (χ0n) is 14.6. The number of hydrogen-bond acceptors (Lipinski definition) is 4. The summed E-state index contributed by atoms with van der Waals surface area (Å²) in [4.78, 5) is 22.5. The second-order valence-corrected chi connectivity index (χ2v) is 5.97. The molecule has 0 atom stereocenters. The average molecular weight is 368 g/mol. The van der Waals surface area contributed by atoms with E-state index in [0.29, 0.717) is 18.7 Å². The fourth-order valence-electron chi connectivity index (χ4n) is 2.66. The molecule has 0 bridgehead atoms. The van der Waals surface area contributed by atoms with Gasteiger partial charge in [0.15, 0.2) is 5.69 Å². The monoisotopic (exact) mass is 368 g/mol. The Kier molecular flexibility index (Phi) is 5.25. The van der Waals surface area contributed by atoms with E-state index in [1.807, 2.05) is 0 Å². The molecule has 1 N–H and O–H groups in total. The number of nitrogens with one attached hydrogen (secondary N) is 1. The molecule has 0 fully saturated rings. The van der Waals surface area contributed by atoms with Crippen LogP contribution in [0.3, 0.4) is 0 Å². The Morgan fingerprint density at radius 2 is 1.85 bits per heavy atom. The van der Waals surface area contributed by atoms with Crippen LogP contribution in [0.2, 0.25) is 0 Å². The number of hydrogen-bond donors (Lipinski definition) is 1. The largest absolute Gasteiger partial charge is 0.350 e. The predicted molar refractivity (Wildman–Crippen MR) is 97.7 cm³/mol. The van der Waals surface area contributed by atoms with Gasteiger partial charge in [0.25, 0.3) is 11.6 Å². The van der Waals surface area contributed by atoms with Gasteiger partial charge >= 0.3 is 0 Å². The van der Waals surface area contributed by atoms with Crippen molar-refractivity contribution in [2.75, 3.05) is 6.54 Å². The molecule has 8 heteroatoms. The Morgan fingerprint density at radius 3 is 2.48 bits per heavy atom. The maximum Gasteiger partial charge on any atom is 0.271 e. The molecule has 138 valence electrons. The van der Waals surface area contributed by atoms with Crippen molar-refractivity contribution in [1.29, 1.82) is 0 Å². The lowest BCUT2D eigenvalue weighted by molar-refractivity contribution is -0.384. The first-order chi connectivity index (χ1) is 12.9. The highest BCUT2D eigenvalue weighted by atomic mass is 19.1. The summed E-state index contributed by atoms with van der Waals surface area (Å²) < 4.78 is 14.6. The third-order valence-corrected chi connectivity index (χ3v) is 4.10. The SMILES string of the molecule is Cn1nc(C(=O)NCCc2ccc([N+](=O)[O-])cc2)cc1-c1ccc(F)cc1. The highest BCUT2D eigenvalue weighted by Gasteiger charge is 2.14. The third-order valence-electron chi connectivity index (χ3n) is 4.10. The fourth-order valence-corrected chi connectivity index (χ4v) is 2.66. The van der Waals surface area contributed by atoms with Gasteiger partial charge in [-0.25, -0.2) is 4.39 Å². The number of halogens is 1. The lowest BCUT2D eigenvalue weighted by Gasteiger charge is -2.03. The van der Waals surface area contributed by atoms with Crippen molar-refractivity contribution < 1.29 is 14.1 Å². The van der Waals surface area contributed by atoms with Crippen LogP contribution in [-0.2, 0) is 13.5 Å². The molecule has 3 aromatic rings. The number of aryl methyl sites for hydroxylation is 1. The topological polar surface area (TPSA) is 90.1 Å². The molecule has 0 spiro atoms. The van der Waals surface area contributed by atoms with Gasteiger partial charge in [-0.2, -0.15) is 5.10 Å². The highest BCUT2D eigenvalue weighted by molar-refractivity contribution is 5.93. The maximum absolute atomic E-state index is 13.1. The highest BCUT2D eigenvalue weighted by Crippen LogP contribution is 2.20. The van der Waals surface area contributed by atoms with Crippen molar-refractivity contribution in [3.63, 3.8) is 0 Å². The van der Waals surface area contributed by atoms with E-state index < -0.39 is 4.92 Å². The summed E-state index contributed by atoms with van der Waals surface area (Å²) in [6, 6.07) is 13.8. The minimum Gasteiger partial charge on any atom is -0.350 e. The molecule has 7 nitrogen and oxygen atoms in total. The smallest absolute Gasteiger partial charge is 0.271 e. The molecule has 0 saturated heterocycles. The molecule has 0 aliphatic rings. The van der Waals surface area contributed by atoms with Crippen molar-refractivity contribution >= 4 is 11.6 Å². The number of carbonyl (C=O) groups excluding carboxylic acids is 1. The summed E-state index contributed by atoms with van der Waals surface area (Å²) in [5.41, 5.74) is 2.64. The van der Waals surface area contributed by atoms with Crippen molar-refractivity contribution in [3.8, 4) is 11.3 Å². The molecule has 2 aromatic carbocycles. The predicted octanol–water partition coefficient (Wildman–Crippen LogP) is 3.11. The van der Waals surface area contributed by atoms with Gasteiger partial charge < -0.3 is 5.32 Å². The van der Waals surface area contributed by atoms with Gasteiger partial charge in [0, 0.05) is 25.7 Å². The summed E-state index contributed by atoms with van der Waals surface area (Å²) >= 11 is 0. The van der Waals surface area contributed by atoms with Crippen LogP contribution in [0.4, 0.5) is 10.1 Å². The lowest BCUT2D eigenvalue weighted by Crippen LogP contribution is -2.26.